The lowest BCUT2D eigenvalue weighted by Gasteiger charge is -2.35. The number of anilines is 1. The van der Waals surface area contributed by atoms with Gasteiger partial charge in [0.2, 0.25) is 10.0 Å². The van der Waals surface area contributed by atoms with E-state index in [9.17, 15) is 8.42 Å². The zero-order valence-corrected chi connectivity index (χ0v) is 13.3. The van der Waals surface area contributed by atoms with Gasteiger partial charge in [-0.15, -0.1) is 0 Å². The quantitative estimate of drug-likeness (QED) is 0.864. The number of nitrogens with zero attached hydrogens (tertiary/aromatic N) is 3. The van der Waals surface area contributed by atoms with Crippen LogP contribution in [-0.2, 0) is 16.6 Å². The van der Waals surface area contributed by atoms with Crippen LogP contribution in [0.3, 0.4) is 0 Å². The molecule has 8 heteroatoms. The lowest BCUT2D eigenvalue weighted by atomic mass is 10.1. The Morgan fingerprint density at radius 2 is 1.90 bits per heavy atom. The predicted octanol–water partition coefficient (Wildman–Crippen LogP) is 0.640. The zero-order valence-electron chi connectivity index (χ0n) is 11.7. The highest BCUT2D eigenvalue weighted by atomic mass is 35.5. The fourth-order valence-electron chi connectivity index (χ4n) is 2.81. The molecule has 1 saturated heterocycles. The van der Waals surface area contributed by atoms with Crippen LogP contribution in [-0.4, -0.2) is 51.0 Å². The highest BCUT2D eigenvalue weighted by Crippen LogP contribution is 2.32. The van der Waals surface area contributed by atoms with Gasteiger partial charge >= 0.3 is 0 Å². The summed E-state index contributed by atoms with van der Waals surface area (Å²) in [5, 5.41) is 0.620. The van der Waals surface area contributed by atoms with Crippen molar-refractivity contribution in [3.8, 4) is 0 Å². The molecule has 3 rings (SSSR count). The van der Waals surface area contributed by atoms with Crippen molar-refractivity contribution in [3.63, 3.8) is 0 Å². The van der Waals surface area contributed by atoms with Crippen LogP contribution in [0.25, 0.3) is 0 Å². The number of amidine groups is 1. The van der Waals surface area contributed by atoms with E-state index in [2.05, 4.69) is 9.89 Å². The molecule has 0 amide bonds. The summed E-state index contributed by atoms with van der Waals surface area (Å²) in [6.07, 6.45) is 1.24. The number of hydrogen-bond donors (Lipinski definition) is 1. The van der Waals surface area contributed by atoms with Gasteiger partial charge < -0.3 is 10.6 Å². The number of aliphatic imine (C=N–C) groups is 1. The van der Waals surface area contributed by atoms with Gasteiger partial charge in [0.1, 0.15) is 5.84 Å². The first-order chi connectivity index (χ1) is 9.86. The van der Waals surface area contributed by atoms with Crippen LogP contribution in [0.15, 0.2) is 17.1 Å². The minimum absolute atomic E-state index is 0.483. The number of hydrogen-bond acceptors (Lipinski definition) is 5. The first-order valence-corrected chi connectivity index (χ1v) is 8.91. The number of rotatable bonds is 2. The van der Waals surface area contributed by atoms with Crippen molar-refractivity contribution in [2.45, 2.75) is 6.54 Å². The Balaban J connectivity index is 1.86. The van der Waals surface area contributed by atoms with Gasteiger partial charge in [0.05, 0.1) is 12.8 Å². The second-order valence-electron chi connectivity index (χ2n) is 5.30. The van der Waals surface area contributed by atoms with E-state index in [0.29, 0.717) is 43.6 Å². The maximum absolute atomic E-state index is 11.6. The van der Waals surface area contributed by atoms with Crippen molar-refractivity contribution in [2.24, 2.45) is 10.7 Å². The third kappa shape index (κ3) is 2.73. The van der Waals surface area contributed by atoms with Crippen LogP contribution in [0.2, 0.25) is 5.02 Å². The van der Waals surface area contributed by atoms with Crippen molar-refractivity contribution in [2.75, 3.05) is 37.3 Å². The van der Waals surface area contributed by atoms with Crippen molar-refractivity contribution < 1.29 is 8.42 Å². The third-order valence-electron chi connectivity index (χ3n) is 3.92. The Morgan fingerprint density at radius 3 is 2.52 bits per heavy atom. The summed E-state index contributed by atoms with van der Waals surface area (Å²) in [6, 6.07) is 3.74. The fourth-order valence-corrected chi connectivity index (χ4v) is 3.85. The van der Waals surface area contributed by atoms with Crippen LogP contribution in [0, 0.1) is 0 Å². The van der Waals surface area contributed by atoms with Gasteiger partial charge in [0.15, 0.2) is 0 Å². The minimum Gasteiger partial charge on any atom is -0.383 e. The summed E-state index contributed by atoms with van der Waals surface area (Å²) >= 11 is 6.17. The second kappa shape index (κ2) is 5.15. The molecular formula is C13H17ClN4O2S. The molecular weight excluding hydrogens is 312 g/mol. The monoisotopic (exact) mass is 328 g/mol. The Hall–Kier alpha value is -1.31. The molecule has 21 heavy (non-hydrogen) atoms. The number of benzene rings is 1. The van der Waals surface area contributed by atoms with E-state index >= 15 is 0 Å². The average Bonchev–Trinajstić information content (AvgIpc) is 2.79. The van der Waals surface area contributed by atoms with E-state index in [1.807, 2.05) is 12.1 Å². The Morgan fingerprint density at radius 1 is 1.24 bits per heavy atom. The third-order valence-corrected chi connectivity index (χ3v) is 5.44. The van der Waals surface area contributed by atoms with E-state index in [4.69, 9.17) is 17.3 Å². The molecule has 114 valence electrons. The molecule has 2 aliphatic heterocycles. The molecule has 2 aliphatic rings. The lowest BCUT2D eigenvalue weighted by molar-refractivity contribution is 0.388. The van der Waals surface area contributed by atoms with Crippen molar-refractivity contribution in [1.29, 1.82) is 0 Å². The molecule has 0 atom stereocenters. The van der Waals surface area contributed by atoms with Gasteiger partial charge in [-0.3, -0.25) is 4.99 Å². The van der Waals surface area contributed by atoms with Crippen LogP contribution in [0.1, 0.15) is 11.1 Å². The molecule has 0 aliphatic carbocycles. The Kier molecular flexibility index (Phi) is 3.59. The van der Waals surface area contributed by atoms with Crippen molar-refractivity contribution in [3.05, 3.63) is 28.3 Å². The molecule has 0 aromatic heterocycles. The van der Waals surface area contributed by atoms with Crippen LogP contribution in [0.5, 0.6) is 0 Å². The normalized spacial score (nSPS) is 19.5. The Bertz CT molecular complexity index is 709. The largest absolute Gasteiger partial charge is 0.383 e. The first kappa shape index (κ1) is 14.6. The minimum atomic E-state index is -3.12. The Labute approximate surface area is 129 Å². The number of nitrogens with two attached hydrogens (primary N) is 1. The fraction of sp³-hybridized carbons (Fsp3) is 0.462. The summed E-state index contributed by atoms with van der Waals surface area (Å²) in [5.41, 5.74) is 8.85. The van der Waals surface area contributed by atoms with E-state index < -0.39 is 10.0 Å². The topological polar surface area (TPSA) is 79.0 Å². The van der Waals surface area contributed by atoms with E-state index in [0.717, 1.165) is 16.8 Å². The van der Waals surface area contributed by atoms with Crippen LogP contribution >= 0.6 is 11.6 Å². The highest BCUT2D eigenvalue weighted by molar-refractivity contribution is 7.88. The predicted molar refractivity (Wildman–Crippen MR) is 84.5 cm³/mol. The van der Waals surface area contributed by atoms with Gasteiger partial charge in [-0.05, 0) is 12.1 Å². The molecule has 0 spiro atoms. The summed E-state index contributed by atoms with van der Waals surface area (Å²) in [7, 11) is -3.12. The van der Waals surface area contributed by atoms with Crippen LogP contribution in [0.4, 0.5) is 5.69 Å². The van der Waals surface area contributed by atoms with E-state index in [1.54, 1.807) is 0 Å². The summed E-state index contributed by atoms with van der Waals surface area (Å²) in [6.45, 7) is 2.80. The molecule has 0 radical (unpaired) electrons. The number of sulfonamides is 1. The summed E-state index contributed by atoms with van der Waals surface area (Å²) in [4.78, 5) is 6.41. The van der Waals surface area contributed by atoms with Gasteiger partial charge in [0, 0.05) is 48.0 Å². The zero-order chi connectivity index (χ0) is 15.2. The number of halogens is 1. The molecule has 2 heterocycles. The van der Waals surface area contributed by atoms with E-state index in [-0.39, 0.29) is 0 Å². The molecule has 1 aromatic rings. The number of piperazine rings is 1. The molecule has 1 aromatic carbocycles. The summed E-state index contributed by atoms with van der Waals surface area (Å²) < 4.78 is 24.6. The molecule has 0 bridgehead atoms. The smallest absolute Gasteiger partial charge is 0.211 e. The molecule has 2 N–H and O–H groups in total. The molecule has 0 unspecified atom stereocenters. The molecule has 6 nitrogen and oxygen atoms in total. The van der Waals surface area contributed by atoms with E-state index in [1.165, 1.54) is 10.6 Å². The SMILES string of the molecule is CS(=O)(=O)N1CCN(c2cc(Cl)cc3c2CN=C3N)CC1. The average molecular weight is 329 g/mol. The maximum atomic E-state index is 11.6. The molecule has 0 saturated carbocycles. The lowest BCUT2D eigenvalue weighted by Crippen LogP contribution is -2.48. The van der Waals surface area contributed by atoms with Gasteiger partial charge in [0.25, 0.3) is 0 Å². The van der Waals surface area contributed by atoms with Gasteiger partial charge in [-0.1, -0.05) is 11.6 Å². The van der Waals surface area contributed by atoms with Crippen LogP contribution < -0.4 is 10.6 Å². The van der Waals surface area contributed by atoms with Crippen molar-refractivity contribution >= 4 is 33.1 Å². The number of fused-ring (bicyclic) bond motifs is 1. The second-order valence-corrected chi connectivity index (χ2v) is 7.72. The maximum Gasteiger partial charge on any atom is 0.211 e. The summed E-state index contributed by atoms with van der Waals surface area (Å²) in [5.74, 6) is 0.517. The molecule has 1 fully saturated rings. The van der Waals surface area contributed by atoms with Gasteiger partial charge in [-0.25, -0.2) is 8.42 Å². The van der Waals surface area contributed by atoms with Crippen molar-refractivity contribution in [1.82, 2.24) is 4.31 Å². The first-order valence-electron chi connectivity index (χ1n) is 6.69. The van der Waals surface area contributed by atoms with Gasteiger partial charge in [-0.2, -0.15) is 4.31 Å². The standard InChI is InChI=1S/C13H17ClN4O2S/c1-21(19,20)18-4-2-17(3-5-18)12-7-9(14)6-10-11(12)8-16-13(10)15/h6-7H,2-5,8H2,1H3,(H2,15,16). The highest BCUT2D eigenvalue weighted by Gasteiger charge is 2.27.